The number of hydrogen-bond donors (Lipinski definition) is 0. The van der Waals surface area contributed by atoms with Crippen LogP contribution in [0.2, 0.25) is 0 Å². The molecule has 3 heterocycles. The lowest BCUT2D eigenvalue weighted by Gasteiger charge is -2.33. The van der Waals surface area contributed by atoms with Gasteiger partial charge in [-0.25, -0.2) is 4.98 Å². The minimum Gasteiger partial charge on any atom is -0.336 e. The van der Waals surface area contributed by atoms with E-state index in [-0.39, 0.29) is 11.9 Å². The fraction of sp³-hybridized carbons (Fsp3) is 0.375. The van der Waals surface area contributed by atoms with Crippen LogP contribution in [-0.4, -0.2) is 39.3 Å². The van der Waals surface area contributed by atoms with Crippen molar-refractivity contribution < 1.29 is 4.79 Å². The van der Waals surface area contributed by atoms with Crippen LogP contribution < -0.4 is 4.90 Å². The third-order valence-electron chi connectivity index (χ3n) is 6.17. The summed E-state index contributed by atoms with van der Waals surface area (Å²) in [4.78, 5) is 22.4. The van der Waals surface area contributed by atoms with E-state index in [9.17, 15) is 4.79 Å². The highest BCUT2D eigenvalue weighted by atomic mass is 32.1. The molecule has 1 aromatic heterocycles. The largest absolute Gasteiger partial charge is 0.336 e. The van der Waals surface area contributed by atoms with Crippen LogP contribution in [-0.2, 0) is 24.2 Å². The fourth-order valence-electron chi connectivity index (χ4n) is 4.47. The van der Waals surface area contributed by atoms with E-state index in [1.54, 1.807) is 0 Å². The lowest BCUT2D eigenvalue weighted by atomic mass is 9.99. The summed E-state index contributed by atoms with van der Waals surface area (Å²) in [6, 6.07) is 16.8. The van der Waals surface area contributed by atoms with Crippen molar-refractivity contribution in [1.82, 2.24) is 14.3 Å². The molecule has 1 saturated heterocycles. The van der Waals surface area contributed by atoms with E-state index < -0.39 is 0 Å². The van der Waals surface area contributed by atoms with Gasteiger partial charge in [-0.1, -0.05) is 54.1 Å². The number of carbonyl (C=O) groups excluding carboxylic acids is 1. The van der Waals surface area contributed by atoms with Gasteiger partial charge in [0.15, 0.2) is 0 Å². The number of aryl methyl sites for hydroxylation is 1. The first-order chi connectivity index (χ1) is 14.7. The Morgan fingerprint density at radius 2 is 1.90 bits per heavy atom. The van der Waals surface area contributed by atoms with Crippen LogP contribution in [0.4, 0.5) is 5.13 Å². The average Bonchev–Trinajstić information content (AvgIpc) is 3.44. The van der Waals surface area contributed by atoms with Crippen LogP contribution in [0.5, 0.6) is 0 Å². The molecule has 1 fully saturated rings. The molecular formula is C24H26N4OS. The van der Waals surface area contributed by atoms with Gasteiger partial charge >= 0.3 is 0 Å². The smallest absolute Gasteiger partial charge is 0.245 e. The van der Waals surface area contributed by atoms with Crippen molar-refractivity contribution in [3.63, 3.8) is 0 Å². The summed E-state index contributed by atoms with van der Waals surface area (Å²) in [6.07, 6.45) is 3.58. The van der Waals surface area contributed by atoms with Gasteiger partial charge in [-0.05, 0) is 42.9 Å². The van der Waals surface area contributed by atoms with Crippen molar-refractivity contribution in [2.45, 2.75) is 45.2 Å². The van der Waals surface area contributed by atoms with Crippen LogP contribution in [0.1, 0.15) is 40.9 Å². The van der Waals surface area contributed by atoms with E-state index in [0.29, 0.717) is 6.54 Å². The molecule has 2 aromatic carbocycles. The molecule has 154 valence electrons. The SMILES string of the molecule is Cc1ccc(Cc2nsc(N3CCCC3C(=O)N3CCc4ccccc4C3)n2)cc1. The first-order valence-corrected chi connectivity index (χ1v) is 11.4. The fourth-order valence-corrected chi connectivity index (χ4v) is 5.23. The van der Waals surface area contributed by atoms with Gasteiger partial charge in [0.2, 0.25) is 11.0 Å². The molecule has 2 aliphatic heterocycles. The minimum absolute atomic E-state index is 0.115. The lowest BCUT2D eigenvalue weighted by molar-refractivity contribution is -0.133. The van der Waals surface area contributed by atoms with Crippen molar-refractivity contribution in [3.05, 3.63) is 76.6 Å². The summed E-state index contributed by atoms with van der Waals surface area (Å²) in [5.74, 6) is 1.07. The maximum Gasteiger partial charge on any atom is 0.245 e. The van der Waals surface area contributed by atoms with Crippen LogP contribution >= 0.6 is 11.5 Å². The van der Waals surface area contributed by atoms with E-state index in [1.165, 1.54) is 33.8 Å². The Morgan fingerprint density at radius 1 is 1.10 bits per heavy atom. The Balaban J connectivity index is 1.29. The number of anilines is 1. The van der Waals surface area contributed by atoms with Gasteiger partial charge in [0.05, 0.1) is 0 Å². The van der Waals surface area contributed by atoms with Gasteiger partial charge in [-0.3, -0.25) is 4.79 Å². The van der Waals surface area contributed by atoms with Gasteiger partial charge < -0.3 is 9.80 Å². The maximum atomic E-state index is 13.4. The highest BCUT2D eigenvalue weighted by molar-refractivity contribution is 7.09. The molecule has 0 N–H and O–H groups in total. The van der Waals surface area contributed by atoms with Gasteiger partial charge in [0.25, 0.3) is 0 Å². The molecule has 1 amide bonds. The van der Waals surface area contributed by atoms with E-state index in [4.69, 9.17) is 4.98 Å². The summed E-state index contributed by atoms with van der Waals surface area (Å²) in [5.41, 5.74) is 5.11. The molecule has 0 saturated carbocycles. The van der Waals surface area contributed by atoms with E-state index in [1.807, 2.05) is 4.90 Å². The number of hydrogen-bond acceptors (Lipinski definition) is 5. The zero-order valence-corrected chi connectivity index (χ0v) is 18.1. The van der Waals surface area contributed by atoms with E-state index >= 15 is 0 Å². The maximum absolute atomic E-state index is 13.4. The van der Waals surface area contributed by atoms with Gasteiger partial charge in [-0.15, -0.1) is 0 Å². The zero-order valence-electron chi connectivity index (χ0n) is 17.3. The third-order valence-corrected chi connectivity index (χ3v) is 6.96. The Bertz CT molecular complexity index is 1050. The van der Waals surface area contributed by atoms with E-state index in [2.05, 4.69) is 64.7 Å². The Kier molecular flexibility index (Phi) is 5.25. The van der Waals surface area contributed by atoms with Crippen LogP contribution in [0, 0.1) is 6.92 Å². The summed E-state index contributed by atoms with van der Waals surface area (Å²) in [6.45, 7) is 4.48. The molecule has 0 spiro atoms. The number of nitrogens with zero attached hydrogens (tertiary/aromatic N) is 4. The van der Waals surface area contributed by atoms with Crippen LogP contribution in [0.25, 0.3) is 0 Å². The van der Waals surface area contributed by atoms with Gasteiger partial charge in [-0.2, -0.15) is 4.37 Å². The normalized spacial score (nSPS) is 18.5. The lowest BCUT2D eigenvalue weighted by Crippen LogP contribution is -2.47. The molecular weight excluding hydrogens is 392 g/mol. The minimum atomic E-state index is -0.115. The number of aromatic nitrogens is 2. The second kappa shape index (κ2) is 8.19. The zero-order chi connectivity index (χ0) is 20.5. The first kappa shape index (κ1) is 19.2. The summed E-state index contributed by atoms with van der Waals surface area (Å²) in [7, 11) is 0. The second-order valence-corrected chi connectivity index (χ2v) is 9.02. The molecule has 6 heteroatoms. The van der Waals surface area contributed by atoms with Crippen molar-refractivity contribution in [1.29, 1.82) is 0 Å². The van der Waals surface area contributed by atoms with Crippen molar-refractivity contribution in [2.75, 3.05) is 18.0 Å². The highest BCUT2D eigenvalue weighted by Crippen LogP contribution is 2.30. The number of rotatable bonds is 4. The topological polar surface area (TPSA) is 49.3 Å². The highest BCUT2D eigenvalue weighted by Gasteiger charge is 2.36. The Labute approximate surface area is 181 Å². The number of amides is 1. The summed E-state index contributed by atoms with van der Waals surface area (Å²) < 4.78 is 4.58. The summed E-state index contributed by atoms with van der Waals surface area (Å²) >= 11 is 1.42. The molecule has 0 aliphatic carbocycles. The monoisotopic (exact) mass is 418 g/mol. The second-order valence-electron chi connectivity index (χ2n) is 8.29. The van der Waals surface area contributed by atoms with Gasteiger partial charge in [0.1, 0.15) is 11.9 Å². The van der Waals surface area contributed by atoms with Crippen molar-refractivity contribution >= 4 is 22.6 Å². The number of benzene rings is 2. The molecule has 5 nitrogen and oxygen atoms in total. The predicted molar refractivity (Wildman–Crippen MR) is 120 cm³/mol. The molecule has 0 bridgehead atoms. The Morgan fingerprint density at radius 3 is 2.73 bits per heavy atom. The first-order valence-electron chi connectivity index (χ1n) is 10.7. The molecule has 1 unspecified atom stereocenters. The standard InChI is InChI=1S/C24H26N4OS/c1-17-8-10-18(11-9-17)15-22-25-24(30-26-22)28-13-4-7-21(28)23(29)27-14-12-19-5-2-3-6-20(19)16-27/h2-3,5-6,8-11,21H,4,7,12-16H2,1H3. The molecule has 0 radical (unpaired) electrons. The van der Waals surface area contributed by atoms with Crippen molar-refractivity contribution in [2.24, 2.45) is 0 Å². The molecule has 2 aliphatic rings. The number of fused-ring (bicyclic) bond motifs is 1. The molecule has 5 rings (SSSR count). The van der Waals surface area contributed by atoms with E-state index in [0.717, 1.165) is 49.7 Å². The quantitative estimate of drug-likeness (QED) is 0.643. The number of carbonyl (C=O) groups is 1. The molecule has 1 atom stereocenters. The van der Waals surface area contributed by atoms with Crippen molar-refractivity contribution in [3.8, 4) is 0 Å². The molecule has 3 aromatic rings. The third kappa shape index (κ3) is 3.84. The average molecular weight is 419 g/mol. The van der Waals surface area contributed by atoms with Gasteiger partial charge in [0, 0.05) is 37.6 Å². The van der Waals surface area contributed by atoms with Crippen LogP contribution in [0.3, 0.4) is 0 Å². The van der Waals surface area contributed by atoms with Crippen LogP contribution in [0.15, 0.2) is 48.5 Å². The Hall–Kier alpha value is -2.73. The predicted octanol–water partition coefficient (Wildman–Crippen LogP) is 3.99. The summed E-state index contributed by atoms with van der Waals surface area (Å²) in [5, 5.41) is 0.880. The molecule has 30 heavy (non-hydrogen) atoms.